The molecule has 3 rings (SSSR count). The normalized spacial score (nSPS) is 16.8. The Morgan fingerprint density at radius 2 is 1.96 bits per heavy atom. The number of carbonyl (C=O) groups excluding carboxylic acids is 1. The third-order valence-electron chi connectivity index (χ3n) is 4.29. The highest BCUT2D eigenvalue weighted by molar-refractivity contribution is 5.94. The minimum Gasteiger partial charge on any atom is -0.381 e. The van der Waals surface area contributed by atoms with Crippen LogP contribution in [0.5, 0.6) is 0 Å². The Morgan fingerprint density at radius 3 is 2.54 bits per heavy atom. The van der Waals surface area contributed by atoms with Gasteiger partial charge in [0.2, 0.25) is 0 Å². The maximum Gasteiger partial charge on any atom is 0.252 e. The summed E-state index contributed by atoms with van der Waals surface area (Å²) in [6.07, 6.45) is 5.04. The lowest BCUT2D eigenvalue weighted by Crippen LogP contribution is -2.37. The van der Waals surface area contributed by atoms with Gasteiger partial charge in [0.05, 0.1) is 6.04 Å². The molecule has 1 aliphatic heterocycles. The Labute approximate surface area is 138 Å². The summed E-state index contributed by atoms with van der Waals surface area (Å²) in [6.45, 7) is 1.24. The van der Waals surface area contributed by atoms with Gasteiger partial charge >= 0.3 is 0 Å². The number of rotatable bonds is 4. The molecule has 0 radical (unpaired) electrons. The maximum atomic E-state index is 13.4. The number of halogens is 2. The molecule has 1 unspecified atom stereocenters. The van der Waals surface area contributed by atoms with Gasteiger partial charge in [-0.25, -0.2) is 13.8 Å². The zero-order valence-corrected chi connectivity index (χ0v) is 13.3. The van der Waals surface area contributed by atoms with Crippen molar-refractivity contribution in [2.24, 2.45) is 13.0 Å². The van der Waals surface area contributed by atoms with E-state index in [1.54, 1.807) is 12.4 Å². The molecule has 0 spiro atoms. The maximum absolute atomic E-state index is 13.4. The second-order valence-corrected chi connectivity index (χ2v) is 5.96. The smallest absolute Gasteiger partial charge is 0.252 e. The summed E-state index contributed by atoms with van der Waals surface area (Å²) in [7, 11) is 1.85. The van der Waals surface area contributed by atoms with Crippen LogP contribution in [0.3, 0.4) is 0 Å². The number of ether oxygens (including phenoxy) is 1. The Bertz CT molecular complexity index is 706. The van der Waals surface area contributed by atoms with Crippen LogP contribution >= 0.6 is 0 Å². The highest BCUT2D eigenvalue weighted by Crippen LogP contribution is 2.29. The summed E-state index contributed by atoms with van der Waals surface area (Å²) in [6, 6.07) is 2.45. The van der Waals surface area contributed by atoms with Crippen molar-refractivity contribution in [3.63, 3.8) is 0 Å². The van der Waals surface area contributed by atoms with E-state index in [-0.39, 0.29) is 17.5 Å². The summed E-state index contributed by atoms with van der Waals surface area (Å²) in [5.74, 6) is -1.21. The highest BCUT2D eigenvalue weighted by Gasteiger charge is 2.30. The van der Waals surface area contributed by atoms with Crippen LogP contribution in [0.1, 0.15) is 35.1 Å². The fraction of sp³-hybridized carbons (Fsp3) is 0.412. The molecule has 0 bridgehead atoms. The van der Waals surface area contributed by atoms with Crippen molar-refractivity contribution < 1.29 is 18.3 Å². The fourth-order valence-corrected chi connectivity index (χ4v) is 3.03. The number of aryl methyl sites for hydroxylation is 1. The molecule has 0 aliphatic carbocycles. The van der Waals surface area contributed by atoms with Gasteiger partial charge in [-0.15, -0.1) is 0 Å². The van der Waals surface area contributed by atoms with Crippen molar-refractivity contribution in [1.29, 1.82) is 0 Å². The molecule has 1 aliphatic rings. The third kappa shape index (κ3) is 3.62. The monoisotopic (exact) mass is 335 g/mol. The van der Waals surface area contributed by atoms with Crippen LogP contribution in [0.25, 0.3) is 0 Å². The van der Waals surface area contributed by atoms with Gasteiger partial charge in [0, 0.05) is 44.3 Å². The highest BCUT2D eigenvalue weighted by atomic mass is 19.1. The third-order valence-corrected chi connectivity index (χ3v) is 4.29. The molecule has 1 N–H and O–H groups in total. The average Bonchev–Trinajstić information content (AvgIpc) is 2.98. The molecule has 128 valence electrons. The number of amides is 1. The molecule has 1 aromatic heterocycles. The van der Waals surface area contributed by atoms with Crippen molar-refractivity contribution >= 4 is 5.91 Å². The van der Waals surface area contributed by atoms with E-state index in [1.165, 1.54) is 0 Å². The first-order valence-corrected chi connectivity index (χ1v) is 7.86. The number of benzene rings is 1. The summed E-state index contributed by atoms with van der Waals surface area (Å²) in [4.78, 5) is 16.8. The van der Waals surface area contributed by atoms with Gasteiger partial charge in [0.25, 0.3) is 5.91 Å². The predicted octanol–water partition coefficient (Wildman–Crippen LogP) is 2.60. The molecular formula is C17H19F2N3O2. The largest absolute Gasteiger partial charge is 0.381 e. The topological polar surface area (TPSA) is 56.2 Å². The fourth-order valence-electron chi connectivity index (χ4n) is 3.03. The summed E-state index contributed by atoms with van der Waals surface area (Å²) in [5.41, 5.74) is -0.0428. The number of hydrogen-bond donors (Lipinski definition) is 1. The van der Waals surface area contributed by atoms with Crippen molar-refractivity contribution in [3.8, 4) is 0 Å². The lowest BCUT2D eigenvalue weighted by Gasteiger charge is -2.30. The molecule has 1 saturated heterocycles. The van der Waals surface area contributed by atoms with Gasteiger partial charge in [0.1, 0.15) is 17.5 Å². The molecule has 7 heteroatoms. The van der Waals surface area contributed by atoms with Gasteiger partial charge in [-0.1, -0.05) is 0 Å². The Balaban J connectivity index is 1.85. The molecular weight excluding hydrogens is 316 g/mol. The van der Waals surface area contributed by atoms with E-state index < -0.39 is 17.5 Å². The zero-order chi connectivity index (χ0) is 17.1. The SMILES string of the molecule is Cn1ccnc1C(NC(=O)c1cc(F)cc(F)c1)C1CCOCC1. The Morgan fingerprint density at radius 1 is 1.29 bits per heavy atom. The Hall–Kier alpha value is -2.28. The van der Waals surface area contributed by atoms with E-state index in [0.717, 1.165) is 31.0 Å². The molecule has 1 atom stereocenters. The molecule has 1 fully saturated rings. The Kier molecular flexibility index (Phi) is 4.89. The van der Waals surface area contributed by atoms with Gasteiger partial charge in [0.15, 0.2) is 0 Å². The van der Waals surface area contributed by atoms with E-state index >= 15 is 0 Å². The second-order valence-electron chi connectivity index (χ2n) is 5.96. The standard InChI is InChI=1S/C17H19F2N3O2/c1-22-5-4-20-16(22)15(11-2-6-24-7-3-11)21-17(23)12-8-13(18)10-14(19)9-12/h4-5,8-11,15H,2-3,6-7H2,1H3,(H,21,23). The predicted molar refractivity (Wildman–Crippen MR) is 83.3 cm³/mol. The number of aromatic nitrogens is 2. The molecule has 0 saturated carbocycles. The van der Waals surface area contributed by atoms with Gasteiger partial charge in [-0.2, -0.15) is 0 Å². The molecule has 1 amide bonds. The molecule has 5 nitrogen and oxygen atoms in total. The van der Waals surface area contributed by atoms with Crippen LogP contribution in [-0.2, 0) is 11.8 Å². The van der Waals surface area contributed by atoms with Gasteiger partial charge < -0.3 is 14.6 Å². The summed E-state index contributed by atoms with van der Waals surface area (Å²) in [5, 5.41) is 2.89. The van der Waals surface area contributed by atoms with Crippen molar-refractivity contribution in [3.05, 3.63) is 53.6 Å². The summed E-state index contributed by atoms with van der Waals surface area (Å²) >= 11 is 0. The number of hydrogen-bond acceptors (Lipinski definition) is 3. The molecule has 2 heterocycles. The van der Waals surface area contributed by atoms with Crippen LogP contribution in [0.15, 0.2) is 30.6 Å². The van der Waals surface area contributed by atoms with Crippen LogP contribution < -0.4 is 5.32 Å². The minimum absolute atomic E-state index is 0.0428. The van der Waals surface area contributed by atoms with E-state index in [4.69, 9.17) is 4.74 Å². The first kappa shape index (κ1) is 16.6. The minimum atomic E-state index is -0.778. The lowest BCUT2D eigenvalue weighted by molar-refractivity contribution is 0.0499. The quantitative estimate of drug-likeness (QED) is 0.934. The van der Waals surface area contributed by atoms with E-state index in [1.807, 2.05) is 11.6 Å². The van der Waals surface area contributed by atoms with E-state index in [9.17, 15) is 13.6 Å². The van der Waals surface area contributed by atoms with Gasteiger partial charge in [-0.05, 0) is 30.9 Å². The summed E-state index contributed by atoms with van der Waals surface area (Å²) < 4.78 is 33.9. The lowest BCUT2D eigenvalue weighted by atomic mass is 9.90. The number of nitrogens with one attached hydrogen (secondary N) is 1. The first-order chi connectivity index (χ1) is 11.5. The van der Waals surface area contributed by atoms with Crippen molar-refractivity contribution in [2.75, 3.05) is 13.2 Å². The molecule has 1 aromatic carbocycles. The van der Waals surface area contributed by atoms with Gasteiger partial charge in [-0.3, -0.25) is 4.79 Å². The van der Waals surface area contributed by atoms with E-state index in [2.05, 4.69) is 10.3 Å². The van der Waals surface area contributed by atoms with Crippen molar-refractivity contribution in [2.45, 2.75) is 18.9 Å². The van der Waals surface area contributed by atoms with Crippen molar-refractivity contribution in [1.82, 2.24) is 14.9 Å². The first-order valence-electron chi connectivity index (χ1n) is 7.86. The zero-order valence-electron chi connectivity index (χ0n) is 13.3. The number of nitrogens with zero attached hydrogens (tertiary/aromatic N) is 2. The van der Waals surface area contributed by atoms with Crippen LogP contribution in [0.2, 0.25) is 0 Å². The van der Waals surface area contributed by atoms with Crippen LogP contribution in [0, 0.1) is 17.6 Å². The van der Waals surface area contributed by atoms with E-state index in [0.29, 0.717) is 19.0 Å². The molecule has 2 aromatic rings. The second kappa shape index (κ2) is 7.09. The molecule has 24 heavy (non-hydrogen) atoms. The van der Waals surface area contributed by atoms with Crippen LogP contribution in [-0.4, -0.2) is 28.7 Å². The van der Waals surface area contributed by atoms with Crippen LogP contribution in [0.4, 0.5) is 8.78 Å². The number of carbonyl (C=O) groups is 1. The average molecular weight is 335 g/mol. The number of imidazole rings is 1.